The summed E-state index contributed by atoms with van der Waals surface area (Å²) in [5, 5.41) is 4.55. The quantitative estimate of drug-likeness (QED) is 0.750. The molecule has 0 bridgehead atoms. The Morgan fingerprint density at radius 2 is 1.74 bits per heavy atom. The Hall–Kier alpha value is -0.600. The highest BCUT2D eigenvalue weighted by Gasteiger charge is 2.18. The molecule has 0 heterocycles. The van der Waals surface area contributed by atoms with Gasteiger partial charge in [-0.3, -0.25) is 0 Å². The summed E-state index contributed by atoms with van der Waals surface area (Å²) in [6.45, 7) is 3.27. The van der Waals surface area contributed by atoms with E-state index in [4.69, 9.17) is 28.9 Å². The Bertz CT molecular complexity index is 403. The van der Waals surface area contributed by atoms with Crippen molar-refractivity contribution in [2.45, 2.75) is 39.0 Å². The van der Waals surface area contributed by atoms with Crippen molar-refractivity contribution in [3.8, 4) is 0 Å². The predicted molar refractivity (Wildman–Crippen MR) is 85.1 cm³/mol. The fraction of sp³-hybridized carbons (Fsp3) is 0.600. The summed E-state index contributed by atoms with van der Waals surface area (Å²) in [5.41, 5.74) is 7.10. The van der Waals surface area contributed by atoms with Crippen molar-refractivity contribution in [1.82, 2.24) is 0 Å². The van der Waals surface area contributed by atoms with E-state index in [0.717, 1.165) is 24.1 Å². The summed E-state index contributed by atoms with van der Waals surface area (Å²) in [7, 11) is 0. The van der Waals surface area contributed by atoms with Crippen LogP contribution in [0, 0.1) is 11.8 Å². The lowest BCUT2D eigenvalue weighted by atomic mass is 9.81. The van der Waals surface area contributed by atoms with Crippen LogP contribution in [0.3, 0.4) is 0 Å². The molecule has 1 aliphatic rings. The van der Waals surface area contributed by atoms with Crippen LogP contribution in [0.5, 0.6) is 0 Å². The number of nitrogens with one attached hydrogen (secondary N) is 1. The lowest BCUT2D eigenvalue weighted by molar-refractivity contribution is 0.282. The Morgan fingerprint density at radius 1 is 1.16 bits per heavy atom. The van der Waals surface area contributed by atoms with E-state index in [1.807, 2.05) is 0 Å². The first kappa shape index (κ1) is 14.8. The molecule has 1 saturated carbocycles. The van der Waals surface area contributed by atoms with E-state index in [9.17, 15) is 0 Å². The van der Waals surface area contributed by atoms with Gasteiger partial charge < -0.3 is 11.1 Å². The Kier molecular flexibility index (Phi) is 5.23. The Labute approximate surface area is 125 Å². The van der Waals surface area contributed by atoms with Gasteiger partial charge in [0.2, 0.25) is 0 Å². The molecule has 19 heavy (non-hydrogen) atoms. The third-order valence-corrected chi connectivity index (χ3v) is 4.65. The van der Waals surface area contributed by atoms with Crippen LogP contribution < -0.4 is 11.1 Å². The number of halogens is 2. The first-order valence-corrected chi connectivity index (χ1v) is 7.80. The summed E-state index contributed by atoms with van der Waals surface area (Å²) in [6, 6.07) is 3.47. The molecule has 0 saturated heterocycles. The lowest BCUT2D eigenvalue weighted by Crippen LogP contribution is -2.16. The number of benzene rings is 1. The molecule has 0 aliphatic heterocycles. The third-order valence-electron chi connectivity index (χ3n) is 4.05. The van der Waals surface area contributed by atoms with E-state index < -0.39 is 0 Å². The standard InChI is InChI=1S/C15H22Cl2N2/c1-10-2-4-11(5-3-10)6-7-19-15-13(16)8-12(18)9-14(15)17/h8-11,19H,2-7,18H2,1H3. The van der Waals surface area contributed by atoms with Gasteiger partial charge in [-0.2, -0.15) is 0 Å². The fourth-order valence-corrected chi connectivity index (χ4v) is 3.42. The van der Waals surface area contributed by atoms with E-state index >= 15 is 0 Å². The molecule has 4 heteroatoms. The maximum Gasteiger partial charge on any atom is 0.0720 e. The van der Waals surface area contributed by atoms with E-state index in [2.05, 4.69) is 12.2 Å². The summed E-state index contributed by atoms with van der Waals surface area (Å²) >= 11 is 12.3. The smallest absolute Gasteiger partial charge is 0.0720 e. The van der Waals surface area contributed by atoms with E-state index in [0.29, 0.717) is 15.7 Å². The van der Waals surface area contributed by atoms with Gasteiger partial charge in [0, 0.05) is 12.2 Å². The van der Waals surface area contributed by atoms with Crippen molar-refractivity contribution < 1.29 is 0 Å². The molecular formula is C15H22Cl2N2. The van der Waals surface area contributed by atoms with Gasteiger partial charge in [0.05, 0.1) is 15.7 Å². The molecule has 1 fully saturated rings. The van der Waals surface area contributed by atoms with Crippen LogP contribution in [-0.2, 0) is 0 Å². The van der Waals surface area contributed by atoms with E-state index in [1.165, 1.54) is 32.1 Å². The second-order valence-electron chi connectivity index (χ2n) is 5.70. The van der Waals surface area contributed by atoms with Crippen LogP contribution in [0.4, 0.5) is 11.4 Å². The third kappa shape index (κ3) is 4.19. The van der Waals surface area contributed by atoms with Gasteiger partial charge in [-0.1, -0.05) is 55.8 Å². The van der Waals surface area contributed by atoms with Crippen molar-refractivity contribution in [3.63, 3.8) is 0 Å². The van der Waals surface area contributed by atoms with Crippen LogP contribution in [0.2, 0.25) is 10.0 Å². The highest BCUT2D eigenvalue weighted by Crippen LogP contribution is 2.34. The van der Waals surface area contributed by atoms with Gasteiger partial charge >= 0.3 is 0 Å². The van der Waals surface area contributed by atoms with Crippen LogP contribution in [0.25, 0.3) is 0 Å². The summed E-state index contributed by atoms with van der Waals surface area (Å²) in [6.07, 6.45) is 6.63. The molecular weight excluding hydrogens is 279 g/mol. The van der Waals surface area contributed by atoms with Crippen LogP contribution in [0.15, 0.2) is 12.1 Å². The molecule has 0 amide bonds. The Balaban J connectivity index is 1.83. The van der Waals surface area contributed by atoms with Gasteiger partial charge in [-0.05, 0) is 30.4 Å². The normalized spacial score (nSPS) is 23.3. The first-order valence-electron chi connectivity index (χ1n) is 7.04. The number of hydrogen-bond acceptors (Lipinski definition) is 2. The van der Waals surface area contributed by atoms with Crippen LogP contribution in [0.1, 0.15) is 39.0 Å². The van der Waals surface area contributed by atoms with Gasteiger partial charge in [0.25, 0.3) is 0 Å². The zero-order valence-electron chi connectivity index (χ0n) is 11.4. The molecule has 3 N–H and O–H groups in total. The van der Waals surface area contributed by atoms with Gasteiger partial charge in [0.1, 0.15) is 0 Å². The van der Waals surface area contributed by atoms with Crippen LogP contribution in [-0.4, -0.2) is 6.54 Å². The number of nitrogen functional groups attached to an aromatic ring is 1. The topological polar surface area (TPSA) is 38.0 Å². The first-order chi connectivity index (χ1) is 9.06. The zero-order chi connectivity index (χ0) is 13.8. The molecule has 2 rings (SSSR count). The molecule has 1 aliphatic carbocycles. The molecule has 1 aromatic rings. The largest absolute Gasteiger partial charge is 0.399 e. The van der Waals surface area contributed by atoms with E-state index in [-0.39, 0.29) is 0 Å². The highest BCUT2D eigenvalue weighted by molar-refractivity contribution is 6.39. The molecule has 2 nitrogen and oxygen atoms in total. The minimum Gasteiger partial charge on any atom is -0.399 e. The predicted octanol–water partition coefficient (Wildman–Crippen LogP) is 5.20. The molecule has 1 aromatic carbocycles. The highest BCUT2D eigenvalue weighted by atomic mass is 35.5. The lowest BCUT2D eigenvalue weighted by Gasteiger charge is -2.26. The van der Waals surface area contributed by atoms with Crippen LogP contribution >= 0.6 is 23.2 Å². The number of hydrogen-bond donors (Lipinski definition) is 2. The number of rotatable bonds is 4. The molecule has 0 unspecified atom stereocenters. The minimum atomic E-state index is 0.599. The molecule has 0 radical (unpaired) electrons. The average molecular weight is 301 g/mol. The van der Waals surface area contributed by atoms with Gasteiger partial charge in [-0.25, -0.2) is 0 Å². The second kappa shape index (κ2) is 6.71. The minimum absolute atomic E-state index is 0.599. The summed E-state index contributed by atoms with van der Waals surface area (Å²) in [4.78, 5) is 0. The van der Waals surface area contributed by atoms with Crippen molar-refractivity contribution in [2.75, 3.05) is 17.6 Å². The van der Waals surface area contributed by atoms with Crippen molar-refractivity contribution >= 4 is 34.6 Å². The maximum absolute atomic E-state index is 6.15. The molecule has 106 valence electrons. The van der Waals surface area contributed by atoms with Crippen molar-refractivity contribution in [3.05, 3.63) is 22.2 Å². The molecule has 0 atom stereocenters. The van der Waals surface area contributed by atoms with Crippen molar-refractivity contribution in [1.29, 1.82) is 0 Å². The average Bonchev–Trinajstić information content (AvgIpc) is 2.34. The molecule has 0 aromatic heterocycles. The zero-order valence-corrected chi connectivity index (χ0v) is 12.9. The summed E-state index contributed by atoms with van der Waals surface area (Å²) in [5.74, 6) is 1.75. The summed E-state index contributed by atoms with van der Waals surface area (Å²) < 4.78 is 0. The molecule has 0 spiro atoms. The second-order valence-corrected chi connectivity index (χ2v) is 6.52. The number of anilines is 2. The monoisotopic (exact) mass is 300 g/mol. The Morgan fingerprint density at radius 3 is 2.32 bits per heavy atom. The SMILES string of the molecule is CC1CCC(CCNc2c(Cl)cc(N)cc2Cl)CC1. The maximum atomic E-state index is 6.15. The van der Waals surface area contributed by atoms with Crippen molar-refractivity contribution in [2.24, 2.45) is 11.8 Å². The fourth-order valence-electron chi connectivity index (χ4n) is 2.78. The van der Waals surface area contributed by atoms with E-state index in [1.54, 1.807) is 12.1 Å². The van der Waals surface area contributed by atoms with Gasteiger partial charge in [0.15, 0.2) is 0 Å². The van der Waals surface area contributed by atoms with Gasteiger partial charge in [-0.15, -0.1) is 0 Å². The number of nitrogens with two attached hydrogens (primary N) is 1.